The predicted octanol–water partition coefficient (Wildman–Crippen LogP) is 2.07. The monoisotopic (exact) mass is 297 g/mol. The lowest BCUT2D eigenvalue weighted by Gasteiger charge is -2.11. The van der Waals surface area contributed by atoms with Gasteiger partial charge in [-0.3, -0.25) is 9.59 Å². The number of ether oxygens (including phenoxy) is 1. The molecule has 0 bridgehead atoms. The molecule has 108 valence electrons. The van der Waals surface area contributed by atoms with E-state index in [1.807, 2.05) is 6.92 Å². The van der Waals surface area contributed by atoms with Crippen LogP contribution in [-0.2, 0) is 14.4 Å². The summed E-state index contributed by atoms with van der Waals surface area (Å²) in [5.41, 5.74) is 0.699. The minimum atomic E-state index is -0.706. The minimum absolute atomic E-state index is 0.0837. The number of hydroxylamine groups is 2. The number of carbonyl (C=O) groups excluding carboxylic acids is 3. The Morgan fingerprint density at radius 2 is 2.00 bits per heavy atom. The van der Waals surface area contributed by atoms with Crippen LogP contribution >= 0.6 is 11.3 Å². The third-order valence-corrected chi connectivity index (χ3v) is 3.84. The van der Waals surface area contributed by atoms with Crippen LogP contribution in [0.4, 0.5) is 0 Å². The van der Waals surface area contributed by atoms with E-state index in [-0.39, 0.29) is 12.8 Å². The Hall–Kier alpha value is -1.89. The molecule has 1 aromatic heterocycles. The van der Waals surface area contributed by atoms with Gasteiger partial charge in [-0.2, -0.15) is 0 Å². The quantitative estimate of drug-likeness (QED) is 0.778. The van der Waals surface area contributed by atoms with Crippen molar-refractivity contribution < 1.29 is 24.0 Å². The molecule has 0 N–H and O–H groups in total. The molecular weight excluding hydrogens is 282 g/mol. The van der Waals surface area contributed by atoms with Crippen LogP contribution in [0.2, 0.25) is 0 Å². The van der Waals surface area contributed by atoms with Crippen molar-refractivity contribution in [2.45, 2.75) is 33.1 Å². The second-order valence-corrected chi connectivity index (χ2v) is 5.40. The van der Waals surface area contributed by atoms with Crippen LogP contribution < -0.4 is 4.74 Å². The molecule has 0 aromatic carbocycles. The van der Waals surface area contributed by atoms with E-state index >= 15 is 0 Å². The number of nitrogens with zero attached hydrogens (tertiary/aromatic N) is 1. The molecule has 0 saturated carbocycles. The second kappa shape index (κ2) is 6.04. The highest BCUT2D eigenvalue weighted by atomic mass is 32.1. The maximum atomic E-state index is 12.0. The summed E-state index contributed by atoms with van der Waals surface area (Å²) in [6.07, 6.45) is 1.04. The van der Waals surface area contributed by atoms with E-state index in [0.29, 0.717) is 27.2 Å². The van der Waals surface area contributed by atoms with Gasteiger partial charge in [0.1, 0.15) is 4.88 Å². The lowest BCUT2D eigenvalue weighted by Crippen LogP contribution is -2.31. The average Bonchev–Trinajstić information content (AvgIpc) is 2.93. The molecule has 7 heteroatoms. The first kappa shape index (κ1) is 14.5. The summed E-state index contributed by atoms with van der Waals surface area (Å²) in [6.45, 7) is 4.30. The zero-order chi connectivity index (χ0) is 14.7. The predicted molar refractivity (Wildman–Crippen MR) is 71.3 cm³/mol. The first-order chi connectivity index (χ1) is 9.52. The Bertz CT molecular complexity index is 535. The summed E-state index contributed by atoms with van der Waals surface area (Å²) in [5.74, 6) is -1.68. The van der Waals surface area contributed by atoms with Crippen LogP contribution in [0, 0.1) is 6.92 Å². The average molecular weight is 297 g/mol. The van der Waals surface area contributed by atoms with Crippen LogP contribution in [-0.4, -0.2) is 29.5 Å². The molecule has 1 aromatic rings. The van der Waals surface area contributed by atoms with E-state index in [1.165, 1.54) is 0 Å². The number of aryl methyl sites for hydroxylation is 1. The summed E-state index contributed by atoms with van der Waals surface area (Å²) in [7, 11) is 0. The van der Waals surface area contributed by atoms with Crippen molar-refractivity contribution in [3.05, 3.63) is 16.5 Å². The lowest BCUT2D eigenvalue weighted by molar-refractivity contribution is -0.172. The highest BCUT2D eigenvalue weighted by Crippen LogP contribution is 2.30. The SMILES string of the molecule is CCCOc1cc(C)c(C(=O)ON2C(=O)CCC2=O)s1. The van der Waals surface area contributed by atoms with Gasteiger partial charge in [-0.05, 0) is 25.0 Å². The molecule has 1 aliphatic rings. The summed E-state index contributed by atoms with van der Waals surface area (Å²) < 4.78 is 5.44. The lowest BCUT2D eigenvalue weighted by atomic mass is 10.3. The standard InChI is InChI=1S/C13H15NO5S/c1-3-6-18-11-7-8(2)12(20-11)13(17)19-14-9(15)4-5-10(14)16/h7H,3-6H2,1-2H3. The number of hydrogen-bond donors (Lipinski definition) is 0. The van der Waals surface area contributed by atoms with Gasteiger partial charge >= 0.3 is 5.97 Å². The maximum absolute atomic E-state index is 12.0. The highest BCUT2D eigenvalue weighted by Gasteiger charge is 2.33. The van der Waals surface area contributed by atoms with Crippen LogP contribution in [0.5, 0.6) is 5.06 Å². The highest BCUT2D eigenvalue weighted by molar-refractivity contribution is 7.15. The molecule has 2 amide bonds. The van der Waals surface area contributed by atoms with Crippen LogP contribution in [0.1, 0.15) is 41.4 Å². The van der Waals surface area contributed by atoms with Crippen molar-refractivity contribution in [1.29, 1.82) is 0 Å². The van der Waals surface area contributed by atoms with Crippen LogP contribution in [0.15, 0.2) is 6.07 Å². The van der Waals surface area contributed by atoms with Gasteiger partial charge < -0.3 is 9.57 Å². The first-order valence-corrected chi connectivity index (χ1v) is 7.16. The second-order valence-electron chi connectivity index (χ2n) is 4.39. The fourth-order valence-electron chi connectivity index (χ4n) is 1.71. The van der Waals surface area contributed by atoms with Crippen LogP contribution in [0.3, 0.4) is 0 Å². The summed E-state index contributed by atoms with van der Waals surface area (Å²) in [5, 5.41) is 1.17. The molecule has 0 spiro atoms. The molecule has 0 aliphatic carbocycles. The van der Waals surface area contributed by atoms with E-state index in [2.05, 4.69) is 0 Å². The van der Waals surface area contributed by atoms with E-state index in [0.717, 1.165) is 17.8 Å². The Labute approximate surface area is 120 Å². The van der Waals surface area contributed by atoms with E-state index in [1.54, 1.807) is 13.0 Å². The van der Waals surface area contributed by atoms with Gasteiger partial charge in [0, 0.05) is 12.8 Å². The number of hydrogen-bond acceptors (Lipinski definition) is 6. The Morgan fingerprint density at radius 1 is 1.35 bits per heavy atom. The van der Waals surface area contributed by atoms with Crippen molar-refractivity contribution in [3.63, 3.8) is 0 Å². The summed E-state index contributed by atoms with van der Waals surface area (Å²) >= 11 is 1.15. The number of imide groups is 1. The normalized spacial score (nSPS) is 14.8. The number of thiophene rings is 1. The van der Waals surface area contributed by atoms with Crippen LogP contribution in [0.25, 0.3) is 0 Å². The molecule has 0 radical (unpaired) electrons. The van der Waals surface area contributed by atoms with Crippen molar-refractivity contribution >= 4 is 29.1 Å². The van der Waals surface area contributed by atoms with Crippen molar-refractivity contribution in [1.82, 2.24) is 5.06 Å². The molecule has 0 unspecified atom stereocenters. The van der Waals surface area contributed by atoms with Gasteiger partial charge in [-0.15, -0.1) is 5.06 Å². The van der Waals surface area contributed by atoms with Crippen molar-refractivity contribution in [2.24, 2.45) is 0 Å². The fourth-order valence-corrected chi connectivity index (χ4v) is 2.63. The topological polar surface area (TPSA) is 72.9 Å². The van der Waals surface area contributed by atoms with Gasteiger partial charge in [0.05, 0.1) is 6.61 Å². The van der Waals surface area contributed by atoms with Crippen molar-refractivity contribution in [3.8, 4) is 5.06 Å². The number of carbonyl (C=O) groups is 3. The van der Waals surface area contributed by atoms with Gasteiger partial charge in [0.2, 0.25) is 0 Å². The molecule has 2 heterocycles. The fraction of sp³-hybridized carbons (Fsp3) is 0.462. The van der Waals surface area contributed by atoms with E-state index in [4.69, 9.17) is 9.57 Å². The summed E-state index contributed by atoms with van der Waals surface area (Å²) in [4.78, 5) is 40.0. The molecule has 1 saturated heterocycles. The summed E-state index contributed by atoms with van der Waals surface area (Å²) in [6, 6.07) is 1.74. The largest absolute Gasteiger partial charge is 0.484 e. The molecule has 2 rings (SSSR count). The van der Waals surface area contributed by atoms with Gasteiger partial charge in [0.15, 0.2) is 5.06 Å². The zero-order valence-corrected chi connectivity index (χ0v) is 12.1. The molecular formula is C13H15NO5S. The molecule has 1 aliphatic heterocycles. The van der Waals surface area contributed by atoms with E-state index in [9.17, 15) is 14.4 Å². The Kier molecular flexibility index (Phi) is 4.39. The van der Waals surface area contributed by atoms with Crippen molar-refractivity contribution in [2.75, 3.05) is 6.61 Å². The third-order valence-electron chi connectivity index (χ3n) is 2.71. The Balaban J connectivity index is 2.07. The molecule has 6 nitrogen and oxygen atoms in total. The number of rotatable bonds is 5. The first-order valence-electron chi connectivity index (χ1n) is 6.34. The maximum Gasteiger partial charge on any atom is 0.374 e. The Morgan fingerprint density at radius 3 is 2.60 bits per heavy atom. The smallest absolute Gasteiger partial charge is 0.374 e. The zero-order valence-electron chi connectivity index (χ0n) is 11.3. The third kappa shape index (κ3) is 2.98. The van der Waals surface area contributed by atoms with E-state index < -0.39 is 17.8 Å². The van der Waals surface area contributed by atoms with Gasteiger partial charge in [-0.1, -0.05) is 18.3 Å². The number of amides is 2. The van der Waals surface area contributed by atoms with Gasteiger partial charge in [-0.25, -0.2) is 4.79 Å². The molecule has 0 atom stereocenters. The molecule has 20 heavy (non-hydrogen) atoms. The van der Waals surface area contributed by atoms with Gasteiger partial charge in [0.25, 0.3) is 11.8 Å². The molecule has 1 fully saturated rings. The minimum Gasteiger partial charge on any atom is -0.484 e.